The van der Waals surface area contributed by atoms with Gasteiger partial charge in [-0.2, -0.15) is 0 Å². The summed E-state index contributed by atoms with van der Waals surface area (Å²) in [6, 6.07) is 0. The van der Waals surface area contributed by atoms with Gasteiger partial charge in [0.1, 0.15) is 0 Å². The average molecular weight is 274 g/mol. The summed E-state index contributed by atoms with van der Waals surface area (Å²) >= 11 is 0. The molecule has 0 aromatic carbocycles. The van der Waals surface area contributed by atoms with Crippen LogP contribution in [0, 0.1) is 11.8 Å². The van der Waals surface area contributed by atoms with Crippen molar-refractivity contribution in [1.82, 2.24) is 10.2 Å². The smallest absolute Gasteiger partial charge is 0.407 e. The number of nitrogens with two attached hydrogens (primary N) is 2. The highest BCUT2D eigenvalue weighted by Crippen LogP contribution is 2.01. The summed E-state index contributed by atoms with van der Waals surface area (Å²) in [4.78, 5) is 12.5. The van der Waals surface area contributed by atoms with E-state index in [1.54, 1.807) is 0 Å². The fourth-order valence-electron chi connectivity index (χ4n) is 1.70. The number of nitrogens with one attached hydrogen (secondary N) is 1. The zero-order valence-electron chi connectivity index (χ0n) is 12.3. The molecule has 114 valence electrons. The third-order valence-electron chi connectivity index (χ3n) is 3.13. The maximum atomic E-state index is 11.1. The monoisotopic (exact) mass is 274 g/mol. The van der Waals surface area contributed by atoms with Gasteiger partial charge in [-0.15, -0.1) is 0 Å². The van der Waals surface area contributed by atoms with Crippen LogP contribution in [0.1, 0.15) is 26.7 Å². The molecule has 0 heterocycles. The lowest BCUT2D eigenvalue weighted by Gasteiger charge is -2.22. The molecule has 6 heteroatoms. The summed E-state index contributed by atoms with van der Waals surface area (Å²) in [7, 11) is 0. The predicted molar refractivity (Wildman–Crippen MR) is 78.1 cm³/mol. The van der Waals surface area contributed by atoms with Crippen molar-refractivity contribution in [2.24, 2.45) is 23.3 Å². The van der Waals surface area contributed by atoms with Gasteiger partial charge in [0.2, 0.25) is 0 Å². The number of nitrogens with zero attached hydrogens (tertiary/aromatic N) is 1. The Kier molecular flexibility index (Phi) is 10.5. The molecule has 0 aliphatic rings. The number of carboxylic acid groups (broad SMARTS) is 1. The van der Waals surface area contributed by atoms with E-state index in [0.717, 1.165) is 25.9 Å². The van der Waals surface area contributed by atoms with E-state index in [4.69, 9.17) is 16.6 Å². The standard InChI is InChI=1S/C13H30N4O2/c1-11(7-14)9-16-5-3-4-6-17(13(18)19)10-12(2)8-15/h11-12,16H,3-10,14-15H2,1-2H3,(H,18,19). The van der Waals surface area contributed by atoms with Crippen LogP contribution in [0.3, 0.4) is 0 Å². The van der Waals surface area contributed by atoms with Crippen LogP contribution in [0.5, 0.6) is 0 Å². The minimum Gasteiger partial charge on any atom is -0.465 e. The van der Waals surface area contributed by atoms with E-state index in [1.807, 2.05) is 6.92 Å². The molecule has 1 amide bonds. The molecule has 0 saturated heterocycles. The number of rotatable bonds is 11. The first-order chi connectivity index (χ1) is 9.01. The van der Waals surface area contributed by atoms with Gasteiger partial charge < -0.3 is 26.8 Å². The lowest BCUT2D eigenvalue weighted by Crippen LogP contribution is -2.36. The van der Waals surface area contributed by atoms with E-state index < -0.39 is 6.09 Å². The molecule has 0 radical (unpaired) electrons. The van der Waals surface area contributed by atoms with Gasteiger partial charge in [0.15, 0.2) is 0 Å². The van der Waals surface area contributed by atoms with Gasteiger partial charge in [-0.25, -0.2) is 4.79 Å². The minimum atomic E-state index is -0.856. The van der Waals surface area contributed by atoms with Crippen LogP contribution < -0.4 is 16.8 Å². The summed E-state index contributed by atoms with van der Waals surface area (Å²) in [5.41, 5.74) is 11.0. The van der Waals surface area contributed by atoms with E-state index in [2.05, 4.69) is 12.2 Å². The van der Waals surface area contributed by atoms with Crippen LogP contribution in [0.25, 0.3) is 0 Å². The van der Waals surface area contributed by atoms with Crippen molar-refractivity contribution in [2.75, 3.05) is 39.3 Å². The highest BCUT2D eigenvalue weighted by atomic mass is 16.4. The molecule has 6 N–H and O–H groups in total. The molecule has 2 unspecified atom stereocenters. The molecule has 2 atom stereocenters. The van der Waals surface area contributed by atoms with E-state index in [0.29, 0.717) is 32.1 Å². The highest BCUT2D eigenvalue weighted by Gasteiger charge is 2.13. The molecule has 6 nitrogen and oxygen atoms in total. The van der Waals surface area contributed by atoms with Gasteiger partial charge >= 0.3 is 6.09 Å². The Balaban J connectivity index is 3.67. The Bertz CT molecular complexity index is 239. The largest absolute Gasteiger partial charge is 0.465 e. The minimum absolute atomic E-state index is 0.208. The highest BCUT2D eigenvalue weighted by molar-refractivity contribution is 5.64. The van der Waals surface area contributed by atoms with Gasteiger partial charge in [0.05, 0.1) is 0 Å². The van der Waals surface area contributed by atoms with Crippen molar-refractivity contribution in [2.45, 2.75) is 26.7 Å². The van der Waals surface area contributed by atoms with Crippen molar-refractivity contribution in [1.29, 1.82) is 0 Å². The molecule has 0 aromatic heterocycles. The Labute approximate surface area is 116 Å². The molecule has 19 heavy (non-hydrogen) atoms. The van der Waals surface area contributed by atoms with Crippen molar-refractivity contribution < 1.29 is 9.90 Å². The third-order valence-corrected chi connectivity index (χ3v) is 3.13. The van der Waals surface area contributed by atoms with Crippen molar-refractivity contribution in [3.63, 3.8) is 0 Å². The van der Waals surface area contributed by atoms with Gasteiger partial charge in [-0.1, -0.05) is 13.8 Å². The van der Waals surface area contributed by atoms with Crippen LogP contribution in [0.4, 0.5) is 4.79 Å². The van der Waals surface area contributed by atoms with Crippen LogP contribution in [-0.2, 0) is 0 Å². The summed E-state index contributed by atoms with van der Waals surface area (Å²) < 4.78 is 0. The summed E-state index contributed by atoms with van der Waals surface area (Å²) in [5, 5.41) is 12.4. The molecule has 0 spiro atoms. The number of carbonyl (C=O) groups is 1. The predicted octanol–water partition coefficient (Wildman–Crippen LogP) is 0.526. The molecular weight excluding hydrogens is 244 g/mol. The first-order valence-corrected chi connectivity index (χ1v) is 7.10. The number of hydrogen-bond donors (Lipinski definition) is 4. The second kappa shape index (κ2) is 11.0. The topological polar surface area (TPSA) is 105 Å². The number of hydrogen-bond acceptors (Lipinski definition) is 4. The van der Waals surface area contributed by atoms with Crippen molar-refractivity contribution in [3.8, 4) is 0 Å². The maximum absolute atomic E-state index is 11.1. The second-order valence-corrected chi connectivity index (χ2v) is 5.32. The molecular formula is C13H30N4O2. The van der Waals surface area contributed by atoms with Crippen LogP contribution >= 0.6 is 0 Å². The maximum Gasteiger partial charge on any atom is 0.407 e. The molecule has 0 aliphatic heterocycles. The van der Waals surface area contributed by atoms with Crippen LogP contribution in [0.2, 0.25) is 0 Å². The van der Waals surface area contributed by atoms with Crippen LogP contribution in [-0.4, -0.2) is 55.4 Å². The SMILES string of the molecule is CC(CN)CNCCCCN(CC(C)CN)C(=O)O. The molecule has 0 fully saturated rings. The molecule has 0 aromatic rings. The van der Waals surface area contributed by atoms with E-state index in [-0.39, 0.29) is 5.92 Å². The van der Waals surface area contributed by atoms with Crippen molar-refractivity contribution in [3.05, 3.63) is 0 Å². The van der Waals surface area contributed by atoms with Crippen molar-refractivity contribution >= 4 is 6.09 Å². The first-order valence-electron chi connectivity index (χ1n) is 7.10. The van der Waals surface area contributed by atoms with Gasteiger partial charge in [-0.05, 0) is 50.9 Å². The molecule has 0 rings (SSSR count). The summed E-state index contributed by atoms with van der Waals surface area (Å²) in [6.45, 7) is 8.20. The number of amides is 1. The van der Waals surface area contributed by atoms with E-state index >= 15 is 0 Å². The van der Waals surface area contributed by atoms with Crippen LogP contribution in [0.15, 0.2) is 0 Å². The number of unbranched alkanes of at least 4 members (excludes halogenated alkanes) is 1. The summed E-state index contributed by atoms with van der Waals surface area (Å²) in [5.74, 6) is 0.695. The lowest BCUT2D eigenvalue weighted by atomic mass is 10.1. The average Bonchev–Trinajstić information content (AvgIpc) is 2.40. The molecule has 0 aliphatic carbocycles. The second-order valence-electron chi connectivity index (χ2n) is 5.32. The van der Waals surface area contributed by atoms with Gasteiger partial charge in [0.25, 0.3) is 0 Å². The fourth-order valence-corrected chi connectivity index (χ4v) is 1.70. The Hall–Kier alpha value is -0.850. The quantitative estimate of drug-likeness (QED) is 0.411. The summed E-state index contributed by atoms with van der Waals surface area (Å²) in [6.07, 6.45) is 0.982. The first kappa shape index (κ1) is 18.1. The van der Waals surface area contributed by atoms with Gasteiger partial charge in [0, 0.05) is 13.1 Å². The Morgan fingerprint density at radius 3 is 2.37 bits per heavy atom. The third kappa shape index (κ3) is 9.69. The molecule has 0 saturated carbocycles. The fraction of sp³-hybridized carbons (Fsp3) is 0.923. The normalized spacial score (nSPS) is 14.1. The Morgan fingerprint density at radius 1 is 1.21 bits per heavy atom. The zero-order chi connectivity index (χ0) is 14.7. The Morgan fingerprint density at radius 2 is 1.84 bits per heavy atom. The van der Waals surface area contributed by atoms with Gasteiger partial charge in [-0.3, -0.25) is 0 Å². The zero-order valence-corrected chi connectivity index (χ0v) is 12.3. The molecule has 0 bridgehead atoms. The van der Waals surface area contributed by atoms with E-state index in [9.17, 15) is 4.79 Å². The van der Waals surface area contributed by atoms with E-state index in [1.165, 1.54) is 4.90 Å². The lowest BCUT2D eigenvalue weighted by molar-refractivity contribution is 0.137.